The molecule has 0 aliphatic heterocycles. The zero-order chi connectivity index (χ0) is 26.2. The van der Waals surface area contributed by atoms with Crippen LogP contribution in [0.3, 0.4) is 0 Å². The zero-order valence-corrected chi connectivity index (χ0v) is 21.6. The van der Waals surface area contributed by atoms with Gasteiger partial charge in [0.2, 0.25) is 5.91 Å². The summed E-state index contributed by atoms with van der Waals surface area (Å²) in [5.74, 6) is 0.00408. The van der Waals surface area contributed by atoms with Crippen molar-refractivity contribution in [2.75, 3.05) is 26.9 Å². The first kappa shape index (κ1) is 27.8. The number of nitrogens with zero attached hydrogens (tertiary/aromatic N) is 3. The molecule has 0 aliphatic carbocycles. The van der Waals surface area contributed by atoms with Gasteiger partial charge in [0.25, 0.3) is 0 Å². The number of amides is 1. The number of carbonyl (C=O) groups is 1. The highest BCUT2D eigenvalue weighted by atomic mass is 35.5. The predicted octanol–water partition coefficient (Wildman–Crippen LogP) is 5.25. The van der Waals surface area contributed by atoms with Crippen molar-refractivity contribution < 1.29 is 18.3 Å². The van der Waals surface area contributed by atoms with E-state index in [0.717, 1.165) is 11.1 Å². The Balaban J connectivity index is 2.11. The second-order valence-corrected chi connectivity index (χ2v) is 9.60. The van der Waals surface area contributed by atoms with Gasteiger partial charge in [-0.2, -0.15) is 0 Å². The van der Waals surface area contributed by atoms with E-state index in [1.54, 1.807) is 17.0 Å². The van der Waals surface area contributed by atoms with Gasteiger partial charge in [-0.1, -0.05) is 49.7 Å². The van der Waals surface area contributed by atoms with Gasteiger partial charge in [0.05, 0.1) is 11.7 Å². The standard InChI is InChI=1S/C27H33ClF2N4O2/c1-18(2)26(34(25(35)17-36-3)11-10-23(31)14-29)27-32-24(20-7-5-8-21(28)13-20)16-33(27)15-19-6-4-9-22(30)12-19/h4-9,12-13,16,18,23,26H,10-11,14-15,17,31H2,1-3H3. The number of carbonyl (C=O) groups excluding carboxylic acids is 1. The van der Waals surface area contributed by atoms with Gasteiger partial charge < -0.3 is 19.9 Å². The van der Waals surface area contributed by atoms with E-state index >= 15 is 0 Å². The molecule has 194 valence electrons. The van der Waals surface area contributed by atoms with Crippen molar-refractivity contribution in [3.63, 3.8) is 0 Å². The highest BCUT2D eigenvalue weighted by Crippen LogP contribution is 2.32. The third-order valence-corrected chi connectivity index (χ3v) is 6.16. The second-order valence-electron chi connectivity index (χ2n) is 9.16. The molecule has 0 spiro atoms. The maximum absolute atomic E-state index is 14.0. The Bertz CT molecular complexity index is 1150. The van der Waals surface area contributed by atoms with Crippen LogP contribution in [-0.2, 0) is 16.1 Å². The maximum Gasteiger partial charge on any atom is 0.249 e. The van der Waals surface area contributed by atoms with Crippen molar-refractivity contribution in [1.82, 2.24) is 14.5 Å². The average Bonchev–Trinajstić information content (AvgIpc) is 3.24. The first-order valence-electron chi connectivity index (χ1n) is 11.9. The average molecular weight is 519 g/mol. The lowest BCUT2D eigenvalue weighted by molar-refractivity contribution is -0.139. The van der Waals surface area contributed by atoms with Gasteiger partial charge in [-0.05, 0) is 42.2 Å². The van der Waals surface area contributed by atoms with Crippen molar-refractivity contribution in [2.24, 2.45) is 11.7 Å². The predicted molar refractivity (Wildman–Crippen MR) is 138 cm³/mol. The Hall–Kier alpha value is -2.81. The number of halogens is 3. The van der Waals surface area contributed by atoms with Crippen LogP contribution in [-0.4, -0.2) is 53.3 Å². The number of rotatable bonds is 12. The van der Waals surface area contributed by atoms with Crippen LogP contribution >= 0.6 is 11.6 Å². The molecule has 1 aromatic heterocycles. The highest BCUT2D eigenvalue weighted by molar-refractivity contribution is 6.30. The van der Waals surface area contributed by atoms with E-state index in [1.165, 1.54) is 19.2 Å². The van der Waals surface area contributed by atoms with Crippen molar-refractivity contribution >= 4 is 17.5 Å². The van der Waals surface area contributed by atoms with Crippen LogP contribution in [0.25, 0.3) is 11.3 Å². The summed E-state index contributed by atoms with van der Waals surface area (Å²) in [6.45, 7) is 3.78. The van der Waals surface area contributed by atoms with E-state index in [4.69, 9.17) is 27.1 Å². The number of hydrogen-bond donors (Lipinski definition) is 1. The summed E-state index contributed by atoms with van der Waals surface area (Å²) >= 11 is 6.23. The Labute approximate surface area is 216 Å². The Kier molecular flexibility index (Phi) is 9.98. The van der Waals surface area contributed by atoms with Crippen molar-refractivity contribution in [3.8, 4) is 11.3 Å². The summed E-state index contributed by atoms with van der Waals surface area (Å²) in [5.41, 5.74) is 8.08. The molecule has 9 heteroatoms. The number of imidazole rings is 1. The van der Waals surface area contributed by atoms with Crippen LogP contribution in [0.1, 0.15) is 37.7 Å². The minimum atomic E-state index is -0.676. The molecule has 2 atom stereocenters. The van der Waals surface area contributed by atoms with E-state index in [-0.39, 0.29) is 30.8 Å². The SMILES string of the molecule is COCC(=O)N(CCC(N)CF)C(c1nc(-c2cccc(Cl)c2)cn1Cc1cccc(F)c1)C(C)C. The molecule has 0 aliphatic rings. The number of aromatic nitrogens is 2. The summed E-state index contributed by atoms with van der Waals surface area (Å²) < 4.78 is 34.1. The van der Waals surface area contributed by atoms with Gasteiger partial charge in [-0.25, -0.2) is 13.8 Å². The minimum absolute atomic E-state index is 0.0479. The molecule has 3 aromatic rings. The van der Waals surface area contributed by atoms with Crippen LogP contribution in [0.15, 0.2) is 54.7 Å². The molecule has 1 heterocycles. The third-order valence-electron chi connectivity index (χ3n) is 5.93. The van der Waals surface area contributed by atoms with E-state index in [9.17, 15) is 13.6 Å². The highest BCUT2D eigenvalue weighted by Gasteiger charge is 2.32. The van der Waals surface area contributed by atoms with Crippen molar-refractivity contribution in [2.45, 2.75) is 38.9 Å². The minimum Gasteiger partial charge on any atom is -0.375 e. The van der Waals surface area contributed by atoms with Crippen LogP contribution in [0.5, 0.6) is 0 Å². The van der Waals surface area contributed by atoms with Crippen LogP contribution in [0.2, 0.25) is 5.02 Å². The summed E-state index contributed by atoms with van der Waals surface area (Å²) in [7, 11) is 1.45. The lowest BCUT2D eigenvalue weighted by atomic mass is 10.00. The number of methoxy groups -OCH3 is 1. The first-order chi connectivity index (χ1) is 17.2. The summed E-state index contributed by atoms with van der Waals surface area (Å²) in [6.07, 6.45) is 2.18. The fourth-order valence-corrected chi connectivity index (χ4v) is 4.41. The van der Waals surface area contributed by atoms with Gasteiger partial charge >= 0.3 is 0 Å². The van der Waals surface area contributed by atoms with Gasteiger partial charge in [-0.15, -0.1) is 0 Å². The number of alkyl halides is 1. The van der Waals surface area contributed by atoms with Gasteiger partial charge in [0.15, 0.2) is 0 Å². The first-order valence-corrected chi connectivity index (χ1v) is 12.3. The van der Waals surface area contributed by atoms with Crippen LogP contribution < -0.4 is 5.73 Å². The van der Waals surface area contributed by atoms with Gasteiger partial charge in [0, 0.05) is 43.0 Å². The Morgan fingerprint density at radius 1 is 1.22 bits per heavy atom. The van der Waals surface area contributed by atoms with Crippen LogP contribution in [0, 0.1) is 11.7 Å². The molecule has 2 N–H and O–H groups in total. The van der Waals surface area contributed by atoms with Crippen molar-refractivity contribution in [3.05, 3.63) is 77.0 Å². The molecule has 2 unspecified atom stereocenters. The van der Waals surface area contributed by atoms with E-state index in [1.807, 2.05) is 48.9 Å². The molecule has 0 saturated heterocycles. The molecule has 6 nitrogen and oxygen atoms in total. The number of hydrogen-bond acceptors (Lipinski definition) is 4. The number of nitrogens with two attached hydrogens (primary N) is 1. The molecule has 3 rings (SSSR count). The molecular weight excluding hydrogens is 486 g/mol. The maximum atomic E-state index is 14.0. The fourth-order valence-electron chi connectivity index (χ4n) is 4.22. The molecule has 1 amide bonds. The molecule has 0 bridgehead atoms. The van der Waals surface area contributed by atoms with Gasteiger partial charge in [0.1, 0.15) is 24.9 Å². The quantitative estimate of drug-likeness (QED) is 0.355. The van der Waals surface area contributed by atoms with Gasteiger partial charge in [-0.3, -0.25) is 4.79 Å². The lowest BCUT2D eigenvalue weighted by Gasteiger charge is -2.35. The summed E-state index contributed by atoms with van der Waals surface area (Å²) in [6, 6.07) is 12.6. The van der Waals surface area contributed by atoms with E-state index in [0.29, 0.717) is 29.5 Å². The molecular formula is C27H33ClF2N4O2. The molecule has 2 aromatic carbocycles. The van der Waals surface area contributed by atoms with Crippen LogP contribution in [0.4, 0.5) is 8.78 Å². The summed E-state index contributed by atoms with van der Waals surface area (Å²) in [4.78, 5) is 19.8. The molecule has 0 radical (unpaired) electrons. The number of ether oxygens (including phenoxy) is 1. The van der Waals surface area contributed by atoms with E-state index < -0.39 is 18.8 Å². The lowest BCUT2D eigenvalue weighted by Crippen LogP contribution is -2.43. The Morgan fingerprint density at radius 3 is 2.61 bits per heavy atom. The fraction of sp³-hybridized carbons (Fsp3) is 0.407. The topological polar surface area (TPSA) is 73.4 Å². The smallest absolute Gasteiger partial charge is 0.249 e. The Morgan fingerprint density at radius 2 is 1.97 bits per heavy atom. The third kappa shape index (κ3) is 7.12. The van der Waals surface area contributed by atoms with Crippen molar-refractivity contribution in [1.29, 1.82) is 0 Å². The monoisotopic (exact) mass is 518 g/mol. The molecule has 0 fully saturated rings. The number of benzene rings is 2. The molecule has 36 heavy (non-hydrogen) atoms. The van der Waals surface area contributed by atoms with E-state index in [2.05, 4.69) is 0 Å². The summed E-state index contributed by atoms with van der Waals surface area (Å²) in [5, 5.41) is 0.575. The largest absolute Gasteiger partial charge is 0.375 e. The zero-order valence-electron chi connectivity index (χ0n) is 20.8. The second kappa shape index (κ2) is 12.9. The normalized spacial score (nSPS) is 13.1. The molecule has 0 saturated carbocycles.